The van der Waals surface area contributed by atoms with Crippen LogP contribution in [0.3, 0.4) is 0 Å². The maximum absolute atomic E-state index is 12.0. The number of benzene rings is 1. The van der Waals surface area contributed by atoms with Crippen LogP contribution in [-0.4, -0.2) is 57.5 Å². The predicted molar refractivity (Wildman–Crippen MR) is 78.3 cm³/mol. The van der Waals surface area contributed by atoms with E-state index in [-0.39, 0.29) is 30.1 Å². The van der Waals surface area contributed by atoms with Crippen molar-refractivity contribution in [2.75, 3.05) is 32.3 Å². The van der Waals surface area contributed by atoms with E-state index >= 15 is 0 Å². The van der Waals surface area contributed by atoms with Crippen LogP contribution in [0.15, 0.2) is 24.3 Å². The maximum Gasteiger partial charge on any atom is 0.260 e. The summed E-state index contributed by atoms with van der Waals surface area (Å²) in [5, 5.41) is 0. The Morgan fingerprint density at radius 3 is 2.71 bits per heavy atom. The molecule has 6 nitrogen and oxygen atoms in total. The fraction of sp³-hybridized carbons (Fsp3) is 0.500. The number of sulfone groups is 1. The van der Waals surface area contributed by atoms with E-state index in [4.69, 9.17) is 9.47 Å². The van der Waals surface area contributed by atoms with Gasteiger partial charge in [-0.25, -0.2) is 8.42 Å². The Morgan fingerprint density at radius 2 is 2.10 bits per heavy atom. The van der Waals surface area contributed by atoms with Gasteiger partial charge in [0.25, 0.3) is 5.91 Å². The third-order valence-corrected chi connectivity index (χ3v) is 5.30. The van der Waals surface area contributed by atoms with Gasteiger partial charge in [-0.3, -0.25) is 4.79 Å². The molecule has 1 amide bonds. The summed E-state index contributed by atoms with van der Waals surface area (Å²) in [7, 11) is 0.167. The number of hydrogen-bond acceptors (Lipinski definition) is 5. The minimum atomic E-state index is -3.00. The van der Waals surface area contributed by atoms with E-state index in [1.165, 1.54) is 4.90 Å². The Bertz CT molecular complexity index is 614. The highest BCUT2D eigenvalue weighted by Crippen LogP contribution is 2.20. The van der Waals surface area contributed by atoms with Crippen molar-refractivity contribution in [3.63, 3.8) is 0 Å². The van der Waals surface area contributed by atoms with Crippen LogP contribution in [0.5, 0.6) is 11.5 Å². The SMILES string of the molecule is COc1cccc(OCC(=O)N(C)C2CCS(=O)(=O)C2)c1. The van der Waals surface area contributed by atoms with Gasteiger partial charge in [0.2, 0.25) is 0 Å². The Kier molecular flexibility index (Phi) is 4.72. The molecular formula is C14H19NO5S. The zero-order chi connectivity index (χ0) is 15.5. The summed E-state index contributed by atoms with van der Waals surface area (Å²) < 4.78 is 33.4. The molecule has 1 aliphatic heterocycles. The lowest BCUT2D eigenvalue weighted by Gasteiger charge is -2.23. The monoisotopic (exact) mass is 313 g/mol. The summed E-state index contributed by atoms with van der Waals surface area (Å²) in [6, 6.07) is 6.72. The second-order valence-electron chi connectivity index (χ2n) is 5.03. The molecule has 0 aliphatic carbocycles. The van der Waals surface area contributed by atoms with E-state index in [1.807, 2.05) is 0 Å². The molecule has 1 saturated heterocycles. The lowest BCUT2D eigenvalue weighted by atomic mass is 10.2. The van der Waals surface area contributed by atoms with E-state index < -0.39 is 9.84 Å². The van der Waals surface area contributed by atoms with Crippen molar-refractivity contribution in [1.29, 1.82) is 0 Å². The summed E-state index contributed by atoms with van der Waals surface area (Å²) in [5.74, 6) is 1.13. The Labute approximate surface area is 124 Å². The summed E-state index contributed by atoms with van der Waals surface area (Å²) >= 11 is 0. The number of carbonyl (C=O) groups excluding carboxylic acids is 1. The van der Waals surface area contributed by atoms with E-state index in [0.29, 0.717) is 17.9 Å². The lowest BCUT2D eigenvalue weighted by Crippen LogP contribution is -2.40. The van der Waals surface area contributed by atoms with Gasteiger partial charge in [-0.1, -0.05) is 6.07 Å². The molecule has 0 spiro atoms. The third kappa shape index (κ3) is 4.10. The highest BCUT2D eigenvalue weighted by atomic mass is 32.2. The molecule has 0 aromatic heterocycles. The first-order valence-electron chi connectivity index (χ1n) is 6.64. The molecule has 21 heavy (non-hydrogen) atoms. The van der Waals surface area contributed by atoms with E-state index in [2.05, 4.69) is 0 Å². The van der Waals surface area contributed by atoms with Gasteiger partial charge < -0.3 is 14.4 Å². The van der Waals surface area contributed by atoms with Gasteiger partial charge >= 0.3 is 0 Å². The maximum atomic E-state index is 12.0. The van der Waals surface area contributed by atoms with Gasteiger partial charge in [0.05, 0.1) is 18.6 Å². The molecule has 0 radical (unpaired) electrons. The van der Waals surface area contributed by atoms with Crippen LogP contribution in [0.25, 0.3) is 0 Å². The predicted octanol–water partition coefficient (Wildman–Crippen LogP) is 0.720. The Morgan fingerprint density at radius 1 is 1.38 bits per heavy atom. The number of rotatable bonds is 5. The van der Waals surface area contributed by atoms with Gasteiger partial charge in [-0.05, 0) is 18.6 Å². The van der Waals surface area contributed by atoms with E-state index in [9.17, 15) is 13.2 Å². The number of carbonyl (C=O) groups is 1. The second kappa shape index (κ2) is 6.34. The van der Waals surface area contributed by atoms with Crippen molar-refractivity contribution in [1.82, 2.24) is 4.90 Å². The molecule has 1 heterocycles. The largest absolute Gasteiger partial charge is 0.497 e. The van der Waals surface area contributed by atoms with Gasteiger partial charge in [0, 0.05) is 19.2 Å². The molecule has 1 unspecified atom stereocenters. The minimum Gasteiger partial charge on any atom is -0.497 e. The number of hydrogen-bond donors (Lipinski definition) is 0. The average molecular weight is 313 g/mol. The second-order valence-corrected chi connectivity index (χ2v) is 7.26. The number of methoxy groups -OCH3 is 1. The highest BCUT2D eigenvalue weighted by Gasteiger charge is 2.32. The van der Waals surface area contributed by atoms with Crippen LogP contribution in [0.4, 0.5) is 0 Å². The van der Waals surface area contributed by atoms with Crippen LogP contribution in [0.2, 0.25) is 0 Å². The molecule has 0 N–H and O–H groups in total. The van der Waals surface area contributed by atoms with Crippen LogP contribution in [-0.2, 0) is 14.6 Å². The standard InChI is InChI=1S/C14H19NO5S/c1-15(11-6-7-21(17,18)10-11)14(16)9-20-13-5-3-4-12(8-13)19-2/h3-5,8,11H,6-7,9-10H2,1-2H3. The summed E-state index contributed by atoms with van der Waals surface area (Å²) in [6.07, 6.45) is 0.490. The molecule has 1 atom stereocenters. The summed E-state index contributed by atoms with van der Waals surface area (Å²) in [5.41, 5.74) is 0. The molecule has 1 aliphatic rings. The van der Waals surface area contributed by atoms with Crippen LogP contribution in [0.1, 0.15) is 6.42 Å². The molecule has 7 heteroatoms. The molecule has 1 aromatic rings. The number of ether oxygens (including phenoxy) is 2. The van der Waals surface area contributed by atoms with Crippen LogP contribution in [0, 0.1) is 0 Å². The van der Waals surface area contributed by atoms with Gasteiger partial charge in [-0.15, -0.1) is 0 Å². The lowest BCUT2D eigenvalue weighted by molar-refractivity contribution is -0.133. The Balaban J connectivity index is 1.89. The van der Waals surface area contributed by atoms with E-state index in [0.717, 1.165) is 0 Å². The molecule has 1 aromatic carbocycles. The van der Waals surface area contributed by atoms with Gasteiger partial charge in [0.1, 0.15) is 11.5 Å². The van der Waals surface area contributed by atoms with Crippen molar-refractivity contribution < 1.29 is 22.7 Å². The normalized spacial score (nSPS) is 20.0. The van der Waals surface area contributed by atoms with Crippen molar-refractivity contribution in [3.05, 3.63) is 24.3 Å². The first-order chi connectivity index (χ1) is 9.91. The van der Waals surface area contributed by atoms with Crippen molar-refractivity contribution in [2.45, 2.75) is 12.5 Å². The van der Waals surface area contributed by atoms with Gasteiger partial charge in [-0.2, -0.15) is 0 Å². The zero-order valence-corrected chi connectivity index (χ0v) is 12.9. The minimum absolute atomic E-state index is 0.0361. The van der Waals surface area contributed by atoms with Gasteiger partial charge in [0.15, 0.2) is 16.4 Å². The average Bonchev–Trinajstić information content (AvgIpc) is 2.84. The number of nitrogens with zero attached hydrogens (tertiary/aromatic N) is 1. The molecule has 2 rings (SSSR count). The third-order valence-electron chi connectivity index (χ3n) is 3.55. The molecule has 116 valence electrons. The number of likely N-dealkylation sites (N-methyl/N-ethyl adjacent to an activating group) is 1. The van der Waals surface area contributed by atoms with Crippen molar-refractivity contribution in [2.24, 2.45) is 0 Å². The Hall–Kier alpha value is -1.76. The number of amides is 1. The van der Waals surface area contributed by atoms with Crippen LogP contribution < -0.4 is 9.47 Å². The first kappa shape index (κ1) is 15.6. The highest BCUT2D eigenvalue weighted by molar-refractivity contribution is 7.91. The topological polar surface area (TPSA) is 72.9 Å². The van der Waals surface area contributed by atoms with Crippen LogP contribution >= 0.6 is 0 Å². The first-order valence-corrected chi connectivity index (χ1v) is 8.46. The summed E-state index contributed by atoms with van der Waals surface area (Å²) in [6.45, 7) is -0.125. The smallest absolute Gasteiger partial charge is 0.260 e. The fourth-order valence-electron chi connectivity index (χ4n) is 2.22. The molecule has 0 saturated carbocycles. The zero-order valence-electron chi connectivity index (χ0n) is 12.1. The van der Waals surface area contributed by atoms with E-state index in [1.54, 1.807) is 38.4 Å². The summed E-state index contributed by atoms with van der Waals surface area (Å²) in [4.78, 5) is 13.5. The fourth-order valence-corrected chi connectivity index (χ4v) is 4.00. The molecule has 1 fully saturated rings. The molecular weight excluding hydrogens is 294 g/mol. The quantitative estimate of drug-likeness (QED) is 0.801. The van der Waals surface area contributed by atoms with Crippen molar-refractivity contribution >= 4 is 15.7 Å². The molecule has 0 bridgehead atoms. The van der Waals surface area contributed by atoms with Crippen molar-refractivity contribution in [3.8, 4) is 11.5 Å².